The molecule has 0 radical (unpaired) electrons. The van der Waals surface area contributed by atoms with E-state index in [1.54, 1.807) is 12.3 Å². The summed E-state index contributed by atoms with van der Waals surface area (Å²) in [5.74, 6) is 1.31. The van der Waals surface area contributed by atoms with Gasteiger partial charge in [0.05, 0.1) is 24.1 Å². The third-order valence-corrected chi connectivity index (χ3v) is 6.25. The molecule has 1 spiro atoms. The highest BCUT2D eigenvalue weighted by Gasteiger charge is 2.47. The standard InChI is InChI=1S/C22H26N6O3/c1-14-6-7-30-22(9-14)12-27(13-22)17-8-20(29)28(23-10-17)11-18-16(3)31-26-21(18)19-5-4-15(2)24-25-19/h4-5,8,10,14H,6-7,9,11-13H2,1-3H3/t14-/m0/s1. The summed E-state index contributed by atoms with van der Waals surface area (Å²) in [6, 6.07) is 5.35. The van der Waals surface area contributed by atoms with Crippen molar-refractivity contribution in [1.82, 2.24) is 25.1 Å². The number of aryl methyl sites for hydroxylation is 2. The Balaban J connectivity index is 1.34. The second-order valence-corrected chi connectivity index (χ2v) is 8.82. The zero-order valence-electron chi connectivity index (χ0n) is 18.0. The van der Waals surface area contributed by atoms with E-state index in [1.165, 1.54) is 4.68 Å². The molecule has 0 saturated carbocycles. The number of aromatic nitrogens is 5. The van der Waals surface area contributed by atoms with Crippen LogP contribution in [-0.2, 0) is 11.3 Å². The topological polar surface area (TPSA) is 99.2 Å². The third-order valence-electron chi connectivity index (χ3n) is 6.25. The first-order chi connectivity index (χ1) is 14.9. The van der Waals surface area contributed by atoms with Gasteiger partial charge in [-0.3, -0.25) is 4.79 Å². The lowest BCUT2D eigenvalue weighted by Gasteiger charge is -2.53. The molecule has 3 aromatic rings. The molecule has 9 nitrogen and oxygen atoms in total. The zero-order valence-corrected chi connectivity index (χ0v) is 18.0. The number of nitrogens with zero attached hydrogens (tertiary/aromatic N) is 6. The fourth-order valence-electron chi connectivity index (χ4n) is 4.49. The SMILES string of the molecule is Cc1ccc(-c2noc(C)c2Cn2ncc(N3CC4(C[C@@H](C)CCO4)C3)cc2=O)nn1. The van der Waals surface area contributed by atoms with E-state index in [1.807, 2.05) is 26.0 Å². The molecule has 0 unspecified atom stereocenters. The highest BCUT2D eigenvalue weighted by molar-refractivity contribution is 5.58. The lowest BCUT2D eigenvalue weighted by atomic mass is 9.81. The first kappa shape index (κ1) is 19.9. The molecule has 0 aliphatic carbocycles. The molecule has 0 N–H and O–H groups in total. The van der Waals surface area contributed by atoms with Crippen molar-refractivity contribution in [1.29, 1.82) is 0 Å². The lowest BCUT2D eigenvalue weighted by molar-refractivity contribution is -0.110. The minimum atomic E-state index is -0.169. The van der Waals surface area contributed by atoms with Gasteiger partial charge in [-0.15, -0.1) is 5.10 Å². The normalized spacial score (nSPS) is 20.1. The minimum Gasteiger partial charge on any atom is -0.371 e. The average molecular weight is 422 g/mol. The van der Waals surface area contributed by atoms with Gasteiger partial charge in [0.15, 0.2) is 0 Å². The zero-order chi connectivity index (χ0) is 21.6. The van der Waals surface area contributed by atoms with Crippen molar-refractivity contribution in [3.8, 4) is 11.4 Å². The van der Waals surface area contributed by atoms with Gasteiger partial charge < -0.3 is 14.2 Å². The highest BCUT2D eigenvalue weighted by Crippen LogP contribution is 2.38. The molecule has 162 valence electrons. The van der Waals surface area contributed by atoms with Gasteiger partial charge >= 0.3 is 0 Å². The first-order valence-corrected chi connectivity index (χ1v) is 10.6. The van der Waals surface area contributed by atoms with Crippen molar-refractivity contribution in [3.63, 3.8) is 0 Å². The predicted molar refractivity (Wildman–Crippen MR) is 114 cm³/mol. The maximum absolute atomic E-state index is 12.8. The molecule has 9 heteroatoms. The molecule has 2 aliphatic heterocycles. The van der Waals surface area contributed by atoms with Gasteiger partial charge in [-0.2, -0.15) is 10.2 Å². The van der Waals surface area contributed by atoms with E-state index < -0.39 is 0 Å². The molecule has 0 amide bonds. The van der Waals surface area contributed by atoms with Crippen molar-refractivity contribution in [3.05, 3.63) is 51.8 Å². The van der Waals surface area contributed by atoms with Gasteiger partial charge in [-0.25, -0.2) is 4.68 Å². The Kier molecular flexibility index (Phi) is 4.85. The molecular formula is C22H26N6O3. The van der Waals surface area contributed by atoms with Gasteiger partial charge in [-0.05, 0) is 44.7 Å². The first-order valence-electron chi connectivity index (χ1n) is 10.6. The van der Waals surface area contributed by atoms with E-state index in [2.05, 4.69) is 32.3 Å². The summed E-state index contributed by atoms with van der Waals surface area (Å²) in [5, 5.41) is 16.8. The number of ether oxygens (including phenoxy) is 1. The monoisotopic (exact) mass is 422 g/mol. The Bertz CT molecular complexity index is 1150. The lowest BCUT2D eigenvalue weighted by Crippen LogP contribution is -2.65. The molecule has 5 rings (SSSR count). The van der Waals surface area contributed by atoms with Gasteiger partial charge in [0.25, 0.3) is 5.56 Å². The highest BCUT2D eigenvalue weighted by atomic mass is 16.5. The second kappa shape index (κ2) is 7.56. The van der Waals surface area contributed by atoms with Crippen molar-refractivity contribution in [2.45, 2.75) is 45.8 Å². The molecule has 3 aromatic heterocycles. The molecule has 1 atom stereocenters. The summed E-state index contributed by atoms with van der Waals surface area (Å²) in [6.07, 6.45) is 3.94. The Morgan fingerprint density at radius 1 is 1.23 bits per heavy atom. The van der Waals surface area contributed by atoms with Crippen LogP contribution in [0, 0.1) is 19.8 Å². The van der Waals surface area contributed by atoms with Crippen LogP contribution in [0.2, 0.25) is 0 Å². The quantitative estimate of drug-likeness (QED) is 0.632. The van der Waals surface area contributed by atoms with Crippen LogP contribution >= 0.6 is 0 Å². The Hall–Kier alpha value is -3.07. The van der Waals surface area contributed by atoms with E-state index in [9.17, 15) is 4.79 Å². The third kappa shape index (κ3) is 3.74. The minimum absolute atomic E-state index is 0.0594. The molecule has 0 aromatic carbocycles. The Morgan fingerprint density at radius 3 is 2.77 bits per heavy atom. The average Bonchev–Trinajstić information content (AvgIpc) is 3.08. The van der Waals surface area contributed by atoms with Crippen LogP contribution in [-0.4, -0.2) is 50.4 Å². The molecule has 2 fully saturated rings. The van der Waals surface area contributed by atoms with E-state index in [0.29, 0.717) is 23.1 Å². The number of hydrogen-bond acceptors (Lipinski definition) is 8. The van der Waals surface area contributed by atoms with Crippen LogP contribution in [0.25, 0.3) is 11.4 Å². The maximum Gasteiger partial charge on any atom is 0.269 e. The van der Waals surface area contributed by atoms with Gasteiger partial charge in [-0.1, -0.05) is 12.1 Å². The Morgan fingerprint density at radius 2 is 2.06 bits per heavy atom. The molecule has 0 bridgehead atoms. The fraction of sp³-hybridized carbons (Fsp3) is 0.500. The Labute approximate surface area is 180 Å². The maximum atomic E-state index is 12.8. The summed E-state index contributed by atoms with van der Waals surface area (Å²) in [4.78, 5) is 15.0. The van der Waals surface area contributed by atoms with E-state index >= 15 is 0 Å². The summed E-state index contributed by atoms with van der Waals surface area (Å²) < 4.78 is 12.8. The number of hydrogen-bond donors (Lipinski definition) is 0. The van der Waals surface area contributed by atoms with E-state index in [4.69, 9.17) is 9.26 Å². The van der Waals surface area contributed by atoms with Gasteiger partial charge in [0, 0.05) is 31.3 Å². The van der Waals surface area contributed by atoms with Crippen LogP contribution in [0.3, 0.4) is 0 Å². The van der Waals surface area contributed by atoms with Crippen molar-refractivity contribution in [2.75, 3.05) is 24.6 Å². The molecule has 2 aliphatic rings. The molecule has 5 heterocycles. The summed E-state index contributed by atoms with van der Waals surface area (Å²) in [7, 11) is 0. The van der Waals surface area contributed by atoms with Crippen LogP contribution in [0.15, 0.2) is 33.7 Å². The summed E-state index contributed by atoms with van der Waals surface area (Å²) >= 11 is 0. The fourth-order valence-corrected chi connectivity index (χ4v) is 4.49. The van der Waals surface area contributed by atoms with Gasteiger partial charge in [0.1, 0.15) is 22.7 Å². The molecule has 31 heavy (non-hydrogen) atoms. The van der Waals surface area contributed by atoms with Crippen LogP contribution in [0.4, 0.5) is 5.69 Å². The smallest absolute Gasteiger partial charge is 0.269 e. The van der Waals surface area contributed by atoms with E-state index in [0.717, 1.165) is 49.5 Å². The van der Waals surface area contributed by atoms with E-state index in [-0.39, 0.29) is 17.7 Å². The second-order valence-electron chi connectivity index (χ2n) is 8.82. The summed E-state index contributed by atoms with van der Waals surface area (Å²) in [5.41, 5.74) is 3.38. The predicted octanol–water partition coefficient (Wildman–Crippen LogP) is 2.36. The van der Waals surface area contributed by atoms with Gasteiger partial charge in [0.2, 0.25) is 0 Å². The summed E-state index contributed by atoms with van der Waals surface area (Å²) in [6.45, 7) is 8.66. The largest absolute Gasteiger partial charge is 0.371 e. The molecular weight excluding hydrogens is 396 g/mol. The number of rotatable bonds is 4. The van der Waals surface area contributed by atoms with Crippen molar-refractivity contribution >= 4 is 5.69 Å². The molecule has 2 saturated heterocycles. The van der Waals surface area contributed by atoms with Crippen LogP contribution in [0.5, 0.6) is 0 Å². The van der Waals surface area contributed by atoms with Crippen LogP contribution in [0.1, 0.15) is 36.8 Å². The van der Waals surface area contributed by atoms with Crippen molar-refractivity contribution < 1.29 is 9.26 Å². The van der Waals surface area contributed by atoms with Crippen molar-refractivity contribution in [2.24, 2.45) is 5.92 Å². The number of anilines is 1. The van der Waals surface area contributed by atoms with Crippen LogP contribution < -0.4 is 10.5 Å².